The fourth-order valence-electron chi connectivity index (χ4n) is 4.75. The molecule has 32 heavy (non-hydrogen) atoms. The van der Waals surface area contributed by atoms with Crippen molar-refractivity contribution in [2.24, 2.45) is 4.99 Å². The number of para-hydroxylation sites is 2. The second-order valence-corrected chi connectivity index (χ2v) is 9.14. The Balaban J connectivity index is 1.40. The fraction of sp³-hybridized carbons (Fsp3) is 0.333. The topological polar surface area (TPSA) is 47.5 Å². The van der Waals surface area contributed by atoms with Crippen LogP contribution in [-0.2, 0) is 19.6 Å². The second-order valence-electron chi connectivity index (χ2n) is 9.14. The Bertz CT molecular complexity index is 1120. The highest BCUT2D eigenvalue weighted by Gasteiger charge is 2.26. The first-order valence-electron chi connectivity index (χ1n) is 11.5. The first kappa shape index (κ1) is 20.9. The molecule has 3 aromatic rings. The molecule has 2 heterocycles. The normalized spacial score (nSPS) is 20.2. The van der Waals surface area contributed by atoms with Gasteiger partial charge < -0.3 is 9.88 Å². The third kappa shape index (κ3) is 4.74. The number of aromatic amines is 1. The van der Waals surface area contributed by atoms with Crippen molar-refractivity contribution < 1.29 is 0 Å². The van der Waals surface area contributed by atoms with Gasteiger partial charge in [-0.05, 0) is 61.8 Å². The summed E-state index contributed by atoms with van der Waals surface area (Å²) < 4.78 is 0. The molecule has 0 spiro atoms. The molecule has 2 aliphatic rings. The SMILES string of the molecule is CN(C)Cc1ccc(CN(Cc2nc3ccccc3[nH]2)C2C=C3C=CC=NC3CC2)cc1. The minimum Gasteiger partial charge on any atom is -0.341 e. The zero-order valence-corrected chi connectivity index (χ0v) is 18.9. The Kier molecular flexibility index (Phi) is 6.02. The molecule has 1 aliphatic heterocycles. The molecule has 164 valence electrons. The highest BCUT2D eigenvalue weighted by atomic mass is 15.2. The Hall–Kier alpha value is -3.02. The molecule has 5 rings (SSSR count). The molecule has 2 atom stereocenters. The van der Waals surface area contributed by atoms with Gasteiger partial charge in [0.05, 0.1) is 23.6 Å². The lowest BCUT2D eigenvalue weighted by Crippen LogP contribution is -2.37. The summed E-state index contributed by atoms with van der Waals surface area (Å²) in [5.41, 5.74) is 6.15. The number of nitrogens with zero attached hydrogens (tertiary/aromatic N) is 4. The first-order valence-corrected chi connectivity index (χ1v) is 11.5. The number of H-pyrrole nitrogens is 1. The van der Waals surface area contributed by atoms with Crippen LogP contribution in [0.25, 0.3) is 11.0 Å². The molecule has 2 aromatic carbocycles. The number of imidazole rings is 1. The van der Waals surface area contributed by atoms with E-state index in [1.54, 1.807) is 0 Å². The van der Waals surface area contributed by atoms with Crippen LogP contribution in [0, 0.1) is 0 Å². The quantitative estimate of drug-likeness (QED) is 0.596. The van der Waals surface area contributed by atoms with Gasteiger partial charge in [-0.3, -0.25) is 9.89 Å². The number of rotatable bonds is 7. The summed E-state index contributed by atoms with van der Waals surface area (Å²) in [5.74, 6) is 1.02. The predicted molar refractivity (Wildman–Crippen MR) is 132 cm³/mol. The van der Waals surface area contributed by atoms with Gasteiger partial charge in [-0.15, -0.1) is 0 Å². The number of aromatic nitrogens is 2. The maximum Gasteiger partial charge on any atom is 0.121 e. The third-order valence-electron chi connectivity index (χ3n) is 6.31. The number of dihydropyridines is 1. The van der Waals surface area contributed by atoms with E-state index in [0.717, 1.165) is 49.3 Å². The van der Waals surface area contributed by atoms with Gasteiger partial charge >= 0.3 is 0 Å². The number of aliphatic imine (C=N–C) groups is 1. The van der Waals surface area contributed by atoms with Crippen LogP contribution >= 0.6 is 0 Å². The third-order valence-corrected chi connectivity index (χ3v) is 6.31. The van der Waals surface area contributed by atoms with E-state index < -0.39 is 0 Å². The molecule has 5 nitrogen and oxygen atoms in total. The van der Waals surface area contributed by atoms with Gasteiger partial charge in [-0.25, -0.2) is 4.98 Å². The van der Waals surface area contributed by atoms with E-state index in [0.29, 0.717) is 12.1 Å². The molecule has 0 saturated heterocycles. The van der Waals surface area contributed by atoms with Crippen LogP contribution in [0.15, 0.2) is 77.3 Å². The van der Waals surface area contributed by atoms with Crippen molar-refractivity contribution in [3.63, 3.8) is 0 Å². The Morgan fingerprint density at radius 1 is 0.938 bits per heavy atom. The summed E-state index contributed by atoms with van der Waals surface area (Å²) in [6, 6.07) is 18.0. The summed E-state index contributed by atoms with van der Waals surface area (Å²) >= 11 is 0. The molecule has 1 aliphatic carbocycles. The maximum atomic E-state index is 4.86. The summed E-state index contributed by atoms with van der Waals surface area (Å²) in [7, 11) is 4.22. The van der Waals surface area contributed by atoms with Crippen molar-refractivity contribution in [2.45, 2.75) is 44.6 Å². The Labute approximate surface area is 190 Å². The minimum absolute atomic E-state index is 0.328. The van der Waals surface area contributed by atoms with Crippen molar-refractivity contribution in [2.75, 3.05) is 14.1 Å². The first-order chi connectivity index (χ1) is 15.6. The lowest BCUT2D eigenvalue weighted by atomic mass is 9.89. The van der Waals surface area contributed by atoms with E-state index in [1.807, 2.05) is 12.3 Å². The second kappa shape index (κ2) is 9.23. The van der Waals surface area contributed by atoms with Gasteiger partial charge in [0.15, 0.2) is 0 Å². The number of fused-ring (bicyclic) bond motifs is 2. The van der Waals surface area contributed by atoms with E-state index >= 15 is 0 Å². The highest BCUT2D eigenvalue weighted by molar-refractivity contribution is 5.75. The van der Waals surface area contributed by atoms with E-state index in [4.69, 9.17) is 4.98 Å². The van der Waals surface area contributed by atoms with Crippen LogP contribution < -0.4 is 0 Å². The van der Waals surface area contributed by atoms with Crippen molar-refractivity contribution in [3.05, 3.63) is 89.3 Å². The molecule has 2 unspecified atom stereocenters. The van der Waals surface area contributed by atoms with Crippen LogP contribution in [0.1, 0.15) is 29.8 Å². The van der Waals surface area contributed by atoms with Crippen LogP contribution in [-0.4, -0.2) is 52.2 Å². The lowest BCUT2D eigenvalue weighted by molar-refractivity contribution is 0.188. The zero-order valence-electron chi connectivity index (χ0n) is 18.9. The van der Waals surface area contributed by atoms with Gasteiger partial charge in [-0.2, -0.15) is 0 Å². The maximum absolute atomic E-state index is 4.86. The smallest absolute Gasteiger partial charge is 0.121 e. The predicted octanol–water partition coefficient (Wildman–Crippen LogP) is 4.72. The summed E-state index contributed by atoms with van der Waals surface area (Å²) in [6.45, 7) is 2.65. The van der Waals surface area contributed by atoms with Gasteiger partial charge in [0, 0.05) is 25.3 Å². The van der Waals surface area contributed by atoms with Crippen molar-refractivity contribution in [1.29, 1.82) is 0 Å². The Morgan fingerprint density at radius 3 is 2.50 bits per heavy atom. The summed E-state index contributed by atoms with van der Waals surface area (Å²) in [5, 5.41) is 0. The van der Waals surface area contributed by atoms with E-state index in [2.05, 4.69) is 94.6 Å². The minimum atomic E-state index is 0.328. The average Bonchev–Trinajstić information content (AvgIpc) is 3.22. The zero-order chi connectivity index (χ0) is 21.9. The van der Waals surface area contributed by atoms with Gasteiger partial charge in [0.2, 0.25) is 0 Å². The van der Waals surface area contributed by atoms with Crippen LogP contribution in [0.2, 0.25) is 0 Å². The van der Waals surface area contributed by atoms with Crippen LogP contribution in [0.5, 0.6) is 0 Å². The van der Waals surface area contributed by atoms with Gasteiger partial charge in [-0.1, -0.05) is 48.6 Å². The van der Waals surface area contributed by atoms with E-state index in [1.165, 1.54) is 16.7 Å². The van der Waals surface area contributed by atoms with E-state index in [9.17, 15) is 0 Å². The van der Waals surface area contributed by atoms with Crippen LogP contribution in [0.3, 0.4) is 0 Å². The molecule has 5 heteroatoms. The molecular weight excluding hydrogens is 394 g/mol. The molecule has 0 bridgehead atoms. The van der Waals surface area contributed by atoms with Crippen molar-refractivity contribution in [3.8, 4) is 0 Å². The standard InChI is InChI=1S/C27H31N5/c1-31(2)17-20-9-11-21(12-10-20)18-32(19-27-29-25-7-3-4-8-26(25)30-27)23-13-14-24-22(16-23)6-5-15-28-24/h3-12,15-16,23-24H,13-14,17-19H2,1-2H3,(H,29,30). The number of hydrogen-bond donors (Lipinski definition) is 1. The fourth-order valence-corrected chi connectivity index (χ4v) is 4.75. The Morgan fingerprint density at radius 2 is 1.72 bits per heavy atom. The van der Waals surface area contributed by atoms with Gasteiger partial charge in [0.25, 0.3) is 0 Å². The molecule has 0 fully saturated rings. The number of nitrogens with one attached hydrogen (secondary N) is 1. The average molecular weight is 426 g/mol. The molecule has 1 N–H and O–H groups in total. The lowest BCUT2D eigenvalue weighted by Gasteiger charge is -2.34. The van der Waals surface area contributed by atoms with Gasteiger partial charge in [0.1, 0.15) is 5.82 Å². The van der Waals surface area contributed by atoms with E-state index in [-0.39, 0.29) is 0 Å². The summed E-state index contributed by atoms with van der Waals surface area (Å²) in [6.07, 6.45) is 10.8. The molecule has 1 aromatic heterocycles. The largest absolute Gasteiger partial charge is 0.341 e. The van der Waals surface area contributed by atoms with Crippen LogP contribution in [0.4, 0.5) is 0 Å². The summed E-state index contributed by atoms with van der Waals surface area (Å²) in [4.78, 5) is 17.8. The molecule has 0 radical (unpaired) electrons. The van der Waals surface area contributed by atoms with Crippen molar-refractivity contribution in [1.82, 2.24) is 19.8 Å². The number of benzene rings is 2. The number of allylic oxidation sites excluding steroid dienone is 1. The monoisotopic (exact) mass is 425 g/mol. The molecular formula is C27H31N5. The number of hydrogen-bond acceptors (Lipinski definition) is 4. The van der Waals surface area contributed by atoms with Crippen molar-refractivity contribution >= 4 is 17.2 Å². The molecule has 0 saturated carbocycles. The molecule has 0 amide bonds. The highest BCUT2D eigenvalue weighted by Crippen LogP contribution is 2.29.